The van der Waals surface area contributed by atoms with Crippen molar-refractivity contribution in [3.8, 4) is 11.1 Å². The summed E-state index contributed by atoms with van der Waals surface area (Å²) >= 11 is 6.38. The molecule has 1 atom stereocenters. The standard InChI is InChI=1S/C31H31ClN4O3/c32-23-8-13-27-26(19-23)28(21-5-2-1-3-6-21)29(31(38)34-27)36-14-4-7-22(20-36)30(37)33-24-9-11-25(12-10-24)35-15-17-39-18-16-35/h1-3,5-6,8-13,19,22H,4,7,14-18,20H2,(H,33,37)(H,34,38)/t22-/m0/s1. The van der Waals surface area contributed by atoms with Crippen LogP contribution in [0.25, 0.3) is 22.0 Å². The van der Waals surface area contributed by atoms with Gasteiger partial charge in [-0.2, -0.15) is 0 Å². The normalized spacial score (nSPS) is 17.8. The first-order valence-corrected chi connectivity index (χ1v) is 13.8. The lowest BCUT2D eigenvalue weighted by Crippen LogP contribution is -2.43. The summed E-state index contributed by atoms with van der Waals surface area (Å²) in [6, 6.07) is 23.4. The van der Waals surface area contributed by atoms with Gasteiger partial charge in [-0.05, 0) is 60.9 Å². The quantitative estimate of drug-likeness (QED) is 0.346. The van der Waals surface area contributed by atoms with Crippen LogP contribution in [0, 0.1) is 5.92 Å². The third kappa shape index (κ3) is 5.37. The Kier molecular flexibility index (Phi) is 7.26. The number of aromatic amines is 1. The van der Waals surface area contributed by atoms with Gasteiger partial charge < -0.3 is 24.8 Å². The Morgan fingerprint density at radius 1 is 0.949 bits per heavy atom. The Bertz CT molecular complexity index is 1530. The molecule has 39 heavy (non-hydrogen) atoms. The molecule has 0 saturated carbocycles. The molecular weight excluding hydrogens is 512 g/mol. The van der Waals surface area contributed by atoms with Gasteiger partial charge in [0.1, 0.15) is 5.69 Å². The highest BCUT2D eigenvalue weighted by Crippen LogP contribution is 2.37. The SMILES string of the molecule is O=C(Nc1ccc(N2CCOCC2)cc1)[C@H]1CCCN(c2c(-c3ccccc3)c3cc(Cl)ccc3[nH]c2=O)C1. The fourth-order valence-corrected chi connectivity index (χ4v) is 5.84. The first-order valence-electron chi connectivity index (χ1n) is 13.5. The molecule has 3 heterocycles. The molecule has 4 aromatic rings. The van der Waals surface area contributed by atoms with Crippen LogP contribution in [-0.4, -0.2) is 50.3 Å². The van der Waals surface area contributed by atoms with Crippen LogP contribution >= 0.6 is 11.6 Å². The van der Waals surface area contributed by atoms with Crippen molar-refractivity contribution >= 4 is 45.5 Å². The third-order valence-corrected chi connectivity index (χ3v) is 7.87. The number of ether oxygens (including phenoxy) is 1. The number of H-pyrrole nitrogens is 1. The molecule has 0 bridgehead atoms. The van der Waals surface area contributed by atoms with Gasteiger partial charge >= 0.3 is 0 Å². The second-order valence-electron chi connectivity index (χ2n) is 10.2. The number of aromatic nitrogens is 1. The lowest BCUT2D eigenvalue weighted by molar-refractivity contribution is -0.120. The van der Waals surface area contributed by atoms with Gasteiger partial charge in [0, 0.05) is 59.0 Å². The number of rotatable bonds is 5. The summed E-state index contributed by atoms with van der Waals surface area (Å²) < 4.78 is 5.44. The summed E-state index contributed by atoms with van der Waals surface area (Å²) in [5.74, 6) is -0.268. The second-order valence-corrected chi connectivity index (χ2v) is 10.6. The molecule has 0 radical (unpaired) electrons. The fraction of sp³-hybridized carbons (Fsp3) is 0.290. The summed E-state index contributed by atoms with van der Waals surface area (Å²) in [5, 5.41) is 4.59. The minimum Gasteiger partial charge on any atom is -0.378 e. The van der Waals surface area contributed by atoms with Crippen LogP contribution in [0.1, 0.15) is 12.8 Å². The number of carbonyl (C=O) groups is 1. The molecule has 0 spiro atoms. The lowest BCUT2D eigenvalue weighted by atomic mass is 9.93. The van der Waals surface area contributed by atoms with Crippen LogP contribution in [0.2, 0.25) is 5.02 Å². The molecule has 1 aromatic heterocycles. The Hall–Kier alpha value is -3.81. The molecule has 2 aliphatic rings. The highest BCUT2D eigenvalue weighted by atomic mass is 35.5. The number of amides is 1. The maximum atomic E-state index is 13.5. The van der Waals surface area contributed by atoms with Crippen molar-refractivity contribution in [3.63, 3.8) is 0 Å². The van der Waals surface area contributed by atoms with Crippen molar-refractivity contribution in [1.82, 2.24) is 4.98 Å². The van der Waals surface area contributed by atoms with Crippen LogP contribution in [0.5, 0.6) is 0 Å². The molecule has 2 aliphatic heterocycles. The van der Waals surface area contributed by atoms with E-state index in [0.717, 1.165) is 72.5 Å². The maximum Gasteiger partial charge on any atom is 0.272 e. The van der Waals surface area contributed by atoms with Crippen molar-refractivity contribution < 1.29 is 9.53 Å². The van der Waals surface area contributed by atoms with Crippen LogP contribution in [0.3, 0.4) is 0 Å². The summed E-state index contributed by atoms with van der Waals surface area (Å²) in [4.78, 5) is 34.3. The van der Waals surface area contributed by atoms with Crippen molar-refractivity contribution in [1.29, 1.82) is 0 Å². The molecule has 2 N–H and O–H groups in total. The van der Waals surface area contributed by atoms with Crippen LogP contribution < -0.4 is 20.7 Å². The minimum atomic E-state index is -0.240. The van der Waals surface area contributed by atoms with Crippen LogP contribution in [0.15, 0.2) is 77.6 Å². The molecule has 6 rings (SSSR count). The number of pyridine rings is 1. The first-order chi connectivity index (χ1) is 19.1. The van der Waals surface area contributed by atoms with Crippen molar-refractivity contribution in [3.05, 3.63) is 88.2 Å². The Labute approximate surface area is 232 Å². The summed E-state index contributed by atoms with van der Waals surface area (Å²) in [6.45, 7) is 4.37. The zero-order chi connectivity index (χ0) is 26.8. The van der Waals surface area contributed by atoms with Crippen molar-refractivity contribution in [2.75, 3.05) is 54.5 Å². The van der Waals surface area contributed by atoms with E-state index in [9.17, 15) is 9.59 Å². The molecular formula is C31H31ClN4O3. The average Bonchev–Trinajstić information content (AvgIpc) is 2.98. The number of piperidine rings is 1. The van der Waals surface area contributed by atoms with E-state index < -0.39 is 0 Å². The van der Waals surface area contributed by atoms with Gasteiger partial charge in [-0.25, -0.2) is 0 Å². The highest BCUT2D eigenvalue weighted by Gasteiger charge is 2.29. The predicted octanol–water partition coefficient (Wildman–Crippen LogP) is 5.54. The number of hydrogen-bond acceptors (Lipinski definition) is 5. The van der Waals surface area contributed by atoms with E-state index in [1.165, 1.54) is 0 Å². The average molecular weight is 543 g/mol. The number of benzene rings is 3. The predicted molar refractivity (Wildman–Crippen MR) is 158 cm³/mol. The second kappa shape index (κ2) is 11.1. The maximum absolute atomic E-state index is 13.5. The first kappa shape index (κ1) is 25.5. The molecule has 2 fully saturated rings. The number of hydrogen-bond donors (Lipinski definition) is 2. The molecule has 3 aromatic carbocycles. The van der Waals surface area contributed by atoms with Crippen molar-refractivity contribution in [2.45, 2.75) is 12.8 Å². The number of carbonyl (C=O) groups excluding carboxylic acids is 1. The fourth-order valence-electron chi connectivity index (χ4n) is 5.67. The van der Waals surface area contributed by atoms with E-state index in [-0.39, 0.29) is 17.4 Å². The Balaban J connectivity index is 1.26. The number of halogens is 1. The van der Waals surface area contributed by atoms with Gasteiger partial charge in [0.05, 0.1) is 19.1 Å². The molecule has 1 amide bonds. The van der Waals surface area contributed by atoms with Crippen LogP contribution in [-0.2, 0) is 9.53 Å². The molecule has 200 valence electrons. The summed E-state index contributed by atoms with van der Waals surface area (Å²) in [5.41, 5.74) is 4.85. The van der Waals surface area contributed by atoms with Gasteiger partial charge in [-0.3, -0.25) is 9.59 Å². The number of fused-ring (bicyclic) bond motifs is 1. The number of morpholine rings is 1. The van der Waals surface area contributed by atoms with E-state index in [1.807, 2.05) is 66.7 Å². The lowest BCUT2D eigenvalue weighted by Gasteiger charge is -2.34. The topological polar surface area (TPSA) is 77.7 Å². The van der Waals surface area contributed by atoms with Gasteiger partial charge in [0.15, 0.2) is 0 Å². The van der Waals surface area contributed by atoms with Crippen molar-refractivity contribution in [2.24, 2.45) is 5.92 Å². The van der Waals surface area contributed by atoms with E-state index in [4.69, 9.17) is 16.3 Å². The Morgan fingerprint density at radius 3 is 2.49 bits per heavy atom. The molecule has 7 nitrogen and oxygen atoms in total. The molecule has 0 aliphatic carbocycles. The third-order valence-electron chi connectivity index (χ3n) is 7.63. The summed E-state index contributed by atoms with van der Waals surface area (Å²) in [7, 11) is 0. The smallest absolute Gasteiger partial charge is 0.272 e. The molecule has 8 heteroatoms. The molecule has 0 unspecified atom stereocenters. The van der Waals surface area contributed by atoms with Gasteiger partial charge in [-0.15, -0.1) is 0 Å². The van der Waals surface area contributed by atoms with Gasteiger partial charge in [0.2, 0.25) is 5.91 Å². The number of nitrogens with zero attached hydrogens (tertiary/aromatic N) is 2. The number of anilines is 3. The largest absolute Gasteiger partial charge is 0.378 e. The van der Waals surface area contributed by atoms with E-state index in [0.29, 0.717) is 23.8 Å². The minimum absolute atomic E-state index is 0.0275. The molecule has 2 saturated heterocycles. The highest BCUT2D eigenvalue weighted by molar-refractivity contribution is 6.31. The van der Waals surface area contributed by atoms with Gasteiger partial charge in [0.25, 0.3) is 5.56 Å². The van der Waals surface area contributed by atoms with Crippen LogP contribution in [0.4, 0.5) is 17.1 Å². The van der Waals surface area contributed by atoms with E-state index in [1.54, 1.807) is 6.07 Å². The zero-order valence-electron chi connectivity index (χ0n) is 21.7. The van der Waals surface area contributed by atoms with E-state index >= 15 is 0 Å². The monoisotopic (exact) mass is 542 g/mol. The summed E-state index contributed by atoms with van der Waals surface area (Å²) in [6.07, 6.45) is 1.58. The number of nitrogens with one attached hydrogen (secondary N) is 2. The zero-order valence-corrected chi connectivity index (χ0v) is 22.4. The van der Waals surface area contributed by atoms with E-state index in [2.05, 4.69) is 20.1 Å². The Morgan fingerprint density at radius 2 is 1.72 bits per heavy atom. The van der Waals surface area contributed by atoms with Gasteiger partial charge in [-0.1, -0.05) is 41.9 Å².